The minimum atomic E-state index is 0.00493. The van der Waals surface area contributed by atoms with Crippen molar-refractivity contribution in [3.63, 3.8) is 0 Å². The van der Waals surface area contributed by atoms with Crippen LogP contribution in [0.25, 0.3) is 0 Å². The fourth-order valence-electron chi connectivity index (χ4n) is 3.82. The number of methoxy groups -OCH3 is 1. The Morgan fingerprint density at radius 1 is 1.19 bits per heavy atom. The van der Waals surface area contributed by atoms with E-state index in [2.05, 4.69) is 17.4 Å². The molecule has 4 rings (SSSR count). The summed E-state index contributed by atoms with van der Waals surface area (Å²) in [5, 5.41) is 4.12. The van der Waals surface area contributed by atoms with Crippen LogP contribution in [0.1, 0.15) is 60.8 Å². The topological polar surface area (TPSA) is 51.2 Å². The first kappa shape index (κ1) is 18.6. The number of ether oxygens (including phenoxy) is 1. The summed E-state index contributed by atoms with van der Waals surface area (Å²) in [6.45, 7) is 0. The molecule has 1 N–H and O–H groups in total. The Kier molecular flexibility index (Phi) is 5.29. The van der Waals surface area contributed by atoms with Gasteiger partial charge in [0, 0.05) is 23.9 Å². The van der Waals surface area contributed by atoms with Crippen LogP contribution in [-0.4, -0.2) is 24.0 Å². The van der Waals surface area contributed by atoms with Crippen molar-refractivity contribution in [2.45, 2.75) is 50.0 Å². The summed E-state index contributed by atoms with van der Waals surface area (Å²) in [5.74, 6) is 1.39. The Morgan fingerprint density at radius 2 is 2.00 bits per heavy atom. The van der Waals surface area contributed by atoms with Gasteiger partial charge in [-0.2, -0.15) is 0 Å². The van der Waals surface area contributed by atoms with E-state index < -0.39 is 0 Å². The molecule has 0 spiro atoms. The molecular weight excluding hydrogens is 383 g/mol. The van der Waals surface area contributed by atoms with Crippen molar-refractivity contribution in [3.05, 3.63) is 57.2 Å². The minimum absolute atomic E-state index is 0.00493. The number of carbonyl (C=O) groups excluding carboxylic acids is 1. The summed E-state index contributed by atoms with van der Waals surface area (Å²) >= 11 is 12.4. The molecule has 1 aromatic heterocycles. The van der Waals surface area contributed by atoms with E-state index >= 15 is 0 Å². The Bertz CT molecular complexity index is 867. The van der Waals surface area contributed by atoms with Crippen LogP contribution in [0, 0.1) is 0 Å². The van der Waals surface area contributed by atoms with E-state index in [-0.39, 0.29) is 17.9 Å². The first-order valence-corrected chi connectivity index (χ1v) is 10.1. The summed E-state index contributed by atoms with van der Waals surface area (Å²) in [6, 6.07) is 10.0. The number of hydrogen-bond acceptors (Lipinski definition) is 3. The maximum absolute atomic E-state index is 11.6. The van der Waals surface area contributed by atoms with Gasteiger partial charge in [-0.15, -0.1) is 0 Å². The maximum atomic E-state index is 11.6. The molecule has 2 atom stereocenters. The average Bonchev–Trinajstić information content (AvgIpc) is 3.43. The molecule has 1 saturated carbocycles. The highest BCUT2D eigenvalue weighted by Gasteiger charge is 2.30. The molecule has 1 aliphatic carbocycles. The van der Waals surface area contributed by atoms with Gasteiger partial charge in [0.05, 0.1) is 22.8 Å². The number of rotatable bonds is 6. The van der Waals surface area contributed by atoms with Crippen LogP contribution in [0.3, 0.4) is 0 Å². The van der Waals surface area contributed by atoms with E-state index in [1.54, 1.807) is 7.11 Å². The third kappa shape index (κ3) is 4.07. The maximum Gasteiger partial charge on any atom is 0.220 e. The van der Waals surface area contributed by atoms with Crippen molar-refractivity contribution in [1.29, 1.82) is 0 Å². The second kappa shape index (κ2) is 7.69. The molecular formula is C21H22Cl2N2O2. The molecule has 142 valence electrons. The van der Waals surface area contributed by atoms with Gasteiger partial charge in [-0.25, -0.2) is 4.98 Å². The van der Waals surface area contributed by atoms with Crippen molar-refractivity contribution in [2.24, 2.45) is 0 Å². The molecule has 2 heterocycles. The van der Waals surface area contributed by atoms with Gasteiger partial charge in [-0.1, -0.05) is 35.3 Å². The highest BCUT2D eigenvalue weighted by molar-refractivity contribution is 6.42. The number of nitrogens with one attached hydrogen (secondary N) is 1. The molecule has 1 unspecified atom stereocenters. The molecule has 1 aromatic carbocycles. The lowest BCUT2D eigenvalue weighted by atomic mass is 9.88. The number of benzene rings is 1. The van der Waals surface area contributed by atoms with Crippen molar-refractivity contribution < 1.29 is 9.53 Å². The monoisotopic (exact) mass is 404 g/mol. The smallest absolute Gasteiger partial charge is 0.220 e. The molecule has 4 nitrogen and oxygen atoms in total. The van der Waals surface area contributed by atoms with Gasteiger partial charge < -0.3 is 10.1 Å². The minimum Gasteiger partial charge on any atom is -0.481 e. The molecule has 1 saturated heterocycles. The normalized spacial score (nSPS) is 20.4. The molecule has 27 heavy (non-hydrogen) atoms. The van der Waals surface area contributed by atoms with Crippen LogP contribution in [0.15, 0.2) is 30.3 Å². The van der Waals surface area contributed by atoms with Crippen LogP contribution >= 0.6 is 23.2 Å². The van der Waals surface area contributed by atoms with Crippen LogP contribution in [0.5, 0.6) is 5.88 Å². The van der Waals surface area contributed by atoms with Crippen molar-refractivity contribution in [1.82, 2.24) is 10.3 Å². The molecule has 1 aliphatic heterocycles. The van der Waals surface area contributed by atoms with Crippen molar-refractivity contribution in [3.8, 4) is 5.88 Å². The number of nitrogens with zero attached hydrogens (tertiary/aromatic N) is 1. The standard InChI is InChI=1S/C21H22Cl2N2O2/c1-27-21-15(12-2-3-12)6-8-19(25-21)16(11-14-5-9-20(26)24-14)13-4-7-17(22)18(23)10-13/h4,6-8,10,12,14,16H,2-3,5,9,11H2,1H3,(H,24,26)/t14-,16?/m1/s1. The number of aromatic nitrogens is 1. The molecule has 2 fully saturated rings. The second-order valence-electron chi connectivity index (χ2n) is 7.37. The van der Waals surface area contributed by atoms with Crippen LogP contribution in [0.4, 0.5) is 0 Å². The van der Waals surface area contributed by atoms with E-state index in [1.165, 1.54) is 18.4 Å². The van der Waals surface area contributed by atoms with Crippen molar-refractivity contribution >= 4 is 29.1 Å². The quantitative estimate of drug-likeness (QED) is 0.730. The Morgan fingerprint density at radius 3 is 2.63 bits per heavy atom. The number of amides is 1. The van der Waals surface area contributed by atoms with E-state index in [1.807, 2.05) is 18.2 Å². The number of hydrogen-bond donors (Lipinski definition) is 1. The molecule has 0 bridgehead atoms. The lowest BCUT2D eigenvalue weighted by molar-refractivity contribution is -0.119. The molecule has 0 radical (unpaired) electrons. The summed E-state index contributed by atoms with van der Waals surface area (Å²) in [6.07, 6.45) is 4.58. The van der Waals surface area contributed by atoms with Gasteiger partial charge in [0.25, 0.3) is 0 Å². The lowest BCUT2D eigenvalue weighted by Gasteiger charge is -2.22. The largest absolute Gasteiger partial charge is 0.481 e. The SMILES string of the molecule is COc1nc(C(C[C@H]2CCC(=O)N2)c2ccc(Cl)c(Cl)c2)ccc1C1CC1. The zero-order valence-electron chi connectivity index (χ0n) is 15.2. The Hall–Kier alpha value is -1.78. The van der Waals surface area contributed by atoms with Gasteiger partial charge in [0.2, 0.25) is 11.8 Å². The molecule has 6 heteroatoms. The lowest BCUT2D eigenvalue weighted by Crippen LogP contribution is -2.27. The summed E-state index contributed by atoms with van der Waals surface area (Å²) in [7, 11) is 1.67. The molecule has 1 amide bonds. The number of pyridine rings is 1. The second-order valence-corrected chi connectivity index (χ2v) is 8.19. The summed E-state index contributed by atoms with van der Waals surface area (Å²) in [4.78, 5) is 16.5. The van der Waals surface area contributed by atoms with Crippen LogP contribution in [0.2, 0.25) is 10.0 Å². The van der Waals surface area contributed by atoms with Gasteiger partial charge in [-0.05, 0) is 55.4 Å². The van der Waals surface area contributed by atoms with Crippen molar-refractivity contribution in [2.75, 3.05) is 7.11 Å². The number of carbonyl (C=O) groups is 1. The Balaban J connectivity index is 1.70. The predicted octanol–water partition coefficient (Wildman–Crippen LogP) is 5.08. The highest BCUT2D eigenvalue weighted by atomic mass is 35.5. The van der Waals surface area contributed by atoms with Gasteiger partial charge >= 0.3 is 0 Å². The van der Waals surface area contributed by atoms with Crippen LogP contribution < -0.4 is 10.1 Å². The van der Waals surface area contributed by atoms with Gasteiger partial charge in [0.15, 0.2) is 0 Å². The summed E-state index contributed by atoms with van der Waals surface area (Å²) < 4.78 is 5.58. The highest BCUT2D eigenvalue weighted by Crippen LogP contribution is 2.44. The molecule has 2 aromatic rings. The van der Waals surface area contributed by atoms with Crippen LogP contribution in [-0.2, 0) is 4.79 Å². The van der Waals surface area contributed by atoms with Gasteiger partial charge in [-0.3, -0.25) is 4.79 Å². The zero-order chi connectivity index (χ0) is 19.0. The first-order valence-electron chi connectivity index (χ1n) is 9.34. The van der Waals surface area contributed by atoms with Gasteiger partial charge in [0.1, 0.15) is 0 Å². The Labute approximate surface area is 169 Å². The third-order valence-corrected chi connectivity index (χ3v) is 6.17. The molecule has 2 aliphatic rings. The number of halogens is 2. The van der Waals surface area contributed by atoms with E-state index in [9.17, 15) is 4.79 Å². The van der Waals surface area contributed by atoms with E-state index in [4.69, 9.17) is 32.9 Å². The fraction of sp³-hybridized carbons (Fsp3) is 0.429. The first-order chi connectivity index (χ1) is 13.0. The average molecular weight is 405 g/mol. The predicted molar refractivity (Wildman–Crippen MR) is 107 cm³/mol. The van der Waals surface area contributed by atoms with E-state index in [0.717, 1.165) is 24.1 Å². The zero-order valence-corrected chi connectivity index (χ0v) is 16.7. The fourth-order valence-corrected chi connectivity index (χ4v) is 4.13. The third-order valence-electron chi connectivity index (χ3n) is 5.43. The van der Waals surface area contributed by atoms with E-state index in [0.29, 0.717) is 28.3 Å². The summed E-state index contributed by atoms with van der Waals surface area (Å²) in [5.41, 5.74) is 3.15.